The van der Waals surface area contributed by atoms with Gasteiger partial charge in [0.15, 0.2) is 0 Å². The van der Waals surface area contributed by atoms with E-state index in [1.807, 2.05) is 24.3 Å². The summed E-state index contributed by atoms with van der Waals surface area (Å²) >= 11 is 2.22. The third-order valence-electron chi connectivity index (χ3n) is 2.87. The smallest absolute Gasteiger partial charge is 0.251 e. The molecule has 1 aliphatic rings. The molecule has 1 amide bonds. The second-order valence-electron chi connectivity index (χ2n) is 4.16. The number of nitrogens with two attached hydrogens (primary N) is 1. The van der Waals surface area contributed by atoms with Gasteiger partial charge in [0.2, 0.25) is 0 Å². The van der Waals surface area contributed by atoms with E-state index in [2.05, 4.69) is 27.9 Å². The largest absolute Gasteiger partial charge is 0.348 e. The van der Waals surface area contributed by atoms with E-state index < -0.39 is 0 Å². The minimum atomic E-state index is -0.0150. The molecule has 0 bridgehead atoms. The lowest BCUT2D eigenvalue weighted by Gasteiger charge is -2.15. The Labute approximate surface area is 109 Å². The first-order valence-corrected chi connectivity index (χ1v) is 6.55. The van der Waals surface area contributed by atoms with E-state index in [0.29, 0.717) is 18.0 Å². The Bertz CT molecular complexity index is 373. The van der Waals surface area contributed by atoms with E-state index in [1.165, 1.54) is 12.8 Å². The van der Waals surface area contributed by atoms with Gasteiger partial charge in [-0.1, -0.05) is 0 Å². The number of carbonyl (C=O) groups excluding carboxylic acids is 1. The molecule has 0 heterocycles. The molecule has 1 atom stereocenters. The van der Waals surface area contributed by atoms with Crippen LogP contribution in [0.2, 0.25) is 0 Å². The van der Waals surface area contributed by atoms with E-state index in [0.717, 1.165) is 3.57 Å². The van der Waals surface area contributed by atoms with Gasteiger partial charge in [-0.2, -0.15) is 0 Å². The molecule has 1 unspecified atom stereocenters. The SMILES string of the molecule is NCC(NC(=O)c1ccc(I)cc1)C1CC1. The van der Waals surface area contributed by atoms with Crippen LogP contribution < -0.4 is 11.1 Å². The van der Waals surface area contributed by atoms with Crippen molar-refractivity contribution in [3.8, 4) is 0 Å². The standard InChI is InChI=1S/C12H15IN2O/c13-10-5-3-9(4-6-10)12(16)15-11(7-14)8-1-2-8/h3-6,8,11H,1-2,7,14H2,(H,15,16). The van der Waals surface area contributed by atoms with Crippen molar-refractivity contribution in [2.75, 3.05) is 6.54 Å². The number of halogens is 1. The molecule has 3 N–H and O–H groups in total. The number of hydrogen-bond acceptors (Lipinski definition) is 2. The fraction of sp³-hybridized carbons (Fsp3) is 0.417. The summed E-state index contributed by atoms with van der Waals surface area (Å²) in [6.07, 6.45) is 2.38. The van der Waals surface area contributed by atoms with E-state index in [4.69, 9.17) is 5.73 Å². The van der Waals surface area contributed by atoms with Crippen LogP contribution in [0, 0.1) is 9.49 Å². The number of carbonyl (C=O) groups is 1. The van der Waals surface area contributed by atoms with Crippen molar-refractivity contribution in [3.63, 3.8) is 0 Å². The van der Waals surface area contributed by atoms with Crippen LogP contribution in [0.15, 0.2) is 24.3 Å². The van der Waals surface area contributed by atoms with Crippen LogP contribution in [0.3, 0.4) is 0 Å². The molecule has 1 aromatic carbocycles. The number of amides is 1. The van der Waals surface area contributed by atoms with Crippen LogP contribution in [0.1, 0.15) is 23.2 Å². The van der Waals surface area contributed by atoms with Crippen molar-refractivity contribution < 1.29 is 4.79 Å². The third kappa shape index (κ3) is 2.95. The molecule has 0 saturated heterocycles. The van der Waals surface area contributed by atoms with Crippen molar-refractivity contribution in [1.29, 1.82) is 0 Å². The summed E-state index contributed by atoms with van der Waals surface area (Å²) in [7, 11) is 0. The maximum absolute atomic E-state index is 11.9. The van der Waals surface area contributed by atoms with Crippen LogP contribution in [0.4, 0.5) is 0 Å². The highest BCUT2D eigenvalue weighted by Gasteiger charge is 2.31. The molecule has 3 nitrogen and oxygen atoms in total. The first kappa shape index (κ1) is 11.9. The van der Waals surface area contributed by atoms with E-state index in [9.17, 15) is 4.79 Å². The zero-order valence-corrected chi connectivity index (χ0v) is 11.1. The first-order chi connectivity index (χ1) is 7.70. The van der Waals surface area contributed by atoms with E-state index in [-0.39, 0.29) is 11.9 Å². The molecule has 1 aromatic rings. The summed E-state index contributed by atoms with van der Waals surface area (Å²) in [4.78, 5) is 11.9. The minimum Gasteiger partial charge on any atom is -0.348 e. The van der Waals surface area contributed by atoms with Crippen molar-refractivity contribution in [3.05, 3.63) is 33.4 Å². The zero-order valence-electron chi connectivity index (χ0n) is 8.95. The van der Waals surface area contributed by atoms with Gasteiger partial charge in [0, 0.05) is 21.7 Å². The maximum atomic E-state index is 11.9. The summed E-state index contributed by atoms with van der Waals surface area (Å²) in [5.74, 6) is 0.580. The Morgan fingerprint density at radius 1 is 1.44 bits per heavy atom. The average Bonchev–Trinajstić information content (AvgIpc) is 3.10. The van der Waals surface area contributed by atoms with Crippen molar-refractivity contribution >= 4 is 28.5 Å². The quantitative estimate of drug-likeness (QED) is 0.827. The Balaban J connectivity index is 1.98. The van der Waals surface area contributed by atoms with E-state index in [1.54, 1.807) is 0 Å². The van der Waals surface area contributed by atoms with Gasteiger partial charge in [-0.05, 0) is 65.6 Å². The van der Waals surface area contributed by atoms with Gasteiger partial charge in [0.25, 0.3) is 5.91 Å². The molecule has 1 saturated carbocycles. The molecule has 2 rings (SSSR count). The average molecular weight is 330 g/mol. The molecular weight excluding hydrogens is 315 g/mol. The Morgan fingerprint density at radius 3 is 2.56 bits per heavy atom. The topological polar surface area (TPSA) is 55.1 Å². The van der Waals surface area contributed by atoms with Crippen LogP contribution in [0.25, 0.3) is 0 Å². The predicted molar refractivity (Wildman–Crippen MR) is 72.2 cm³/mol. The van der Waals surface area contributed by atoms with E-state index >= 15 is 0 Å². The fourth-order valence-electron chi connectivity index (χ4n) is 1.72. The fourth-order valence-corrected chi connectivity index (χ4v) is 2.08. The lowest BCUT2D eigenvalue weighted by Crippen LogP contribution is -2.41. The predicted octanol–water partition coefficient (Wildman–Crippen LogP) is 1.76. The summed E-state index contributed by atoms with van der Waals surface area (Å²) in [5, 5.41) is 3.00. The molecule has 0 spiro atoms. The Kier molecular flexibility index (Phi) is 3.81. The molecule has 0 radical (unpaired) electrons. The highest BCUT2D eigenvalue weighted by molar-refractivity contribution is 14.1. The highest BCUT2D eigenvalue weighted by atomic mass is 127. The number of nitrogens with one attached hydrogen (secondary N) is 1. The van der Waals surface area contributed by atoms with Crippen molar-refractivity contribution in [2.24, 2.45) is 11.7 Å². The van der Waals surface area contributed by atoms with Gasteiger partial charge >= 0.3 is 0 Å². The van der Waals surface area contributed by atoms with Crippen molar-refractivity contribution in [2.45, 2.75) is 18.9 Å². The Hall–Kier alpha value is -0.620. The number of hydrogen-bond donors (Lipinski definition) is 2. The molecule has 0 aromatic heterocycles. The van der Waals surface area contributed by atoms with Crippen LogP contribution in [-0.4, -0.2) is 18.5 Å². The van der Waals surface area contributed by atoms with Crippen LogP contribution >= 0.6 is 22.6 Å². The van der Waals surface area contributed by atoms with Crippen LogP contribution in [0.5, 0.6) is 0 Å². The summed E-state index contributed by atoms with van der Waals surface area (Å²) in [6, 6.07) is 7.70. The minimum absolute atomic E-state index is 0.0150. The zero-order chi connectivity index (χ0) is 11.5. The van der Waals surface area contributed by atoms with Crippen molar-refractivity contribution in [1.82, 2.24) is 5.32 Å². The molecule has 16 heavy (non-hydrogen) atoms. The molecule has 0 aliphatic heterocycles. The summed E-state index contributed by atoms with van der Waals surface area (Å²) in [6.45, 7) is 0.529. The lowest BCUT2D eigenvalue weighted by molar-refractivity contribution is 0.0933. The Morgan fingerprint density at radius 2 is 2.06 bits per heavy atom. The van der Waals surface area contributed by atoms with Gasteiger partial charge in [0.05, 0.1) is 0 Å². The lowest BCUT2D eigenvalue weighted by atomic mass is 10.1. The van der Waals surface area contributed by atoms with Gasteiger partial charge in [-0.3, -0.25) is 4.79 Å². The first-order valence-electron chi connectivity index (χ1n) is 5.47. The summed E-state index contributed by atoms with van der Waals surface area (Å²) < 4.78 is 1.13. The monoisotopic (exact) mass is 330 g/mol. The number of benzene rings is 1. The molecular formula is C12H15IN2O. The number of rotatable bonds is 4. The normalized spacial score (nSPS) is 16.9. The second kappa shape index (κ2) is 5.14. The van der Waals surface area contributed by atoms with Gasteiger partial charge in [0.1, 0.15) is 0 Å². The molecule has 1 fully saturated rings. The van der Waals surface area contributed by atoms with Gasteiger partial charge in [-0.25, -0.2) is 0 Å². The van der Waals surface area contributed by atoms with Gasteiger partial charge < -0.3 is 11.1 Å². The highest BCUT2D eigenvalue weighted by Crippen LogP contribution is 2.32. The second-order valence-corrected chi connectivity index (χ2v) is 5.41. The third-order valence-corrected chi connectivity index (χ3v) is 3.59. The molecule has 1 aliphatic carbocycles. The molecule has 86 valence electrons. The summed E-state index contributed by atoms with van der Waals surface area (Å²) in [5.41, 5.74) is 6.36. The molecule has 4 heteroatoms. The van der Waals surface area contributed by atoms with Crippen LogP contribution in [-0.2, 0) is 0 Å². The maximum Gasteiger partial charge on any atom is 0.251 e. The van der Waals surface area contributed by atoms with Gasteiger partial charge in [-0.15, -0.1) is 0 Å².